The van der Waals surface area contributed by atoms with Crippen molar-refractivity contribution < 1.29 is 14.4 Å². The van der Waals surface area contributed by atoms with Crippen LogP contribution in [-0.2, 0) is 14.4 Å². The lowest BCUT2D eigenvalue weighted by Gasteiger charge is -2.15. The molecule has 1 aliphatic rings. The normalized spacial score (nSPS) is 17.1. The molecular formula is C14H15NO3. The second kappa shape index (κ2) is 5.40. The molecule has 0 atom stereocenters. The fourth-order valence-electron chi connectivity index (χ4n) is 1.51. The molecule has 0 saturated heterocycles. The topological polar surface area (TPSA) is 54.5 Å². The zero-order chi connectivity index (χ0) is 13.9. The molecular weight excluding hydrogens is 230 g/mol. The van der Waals surface area contributed by atoms with Gasteiger partial charge in [-0.2, -0.15) is 0 Å². The van der Waals surface area contributed by atoms with Crippen LogP contribution >= 0.6 is 0 Å². The van der Waals surface area contributed by atoms with Gasteiger partial charge in [-0.25, -0.2) is 4.90 Å². The summed E-state index contributed by atoms with van der Waals surface area (Å²) in [7, 11) is 0. The standard InChI is InChI=1S/C14H15NO3/c1-5-12(7-6-9(2)8-16)15-13(17)10(3)11(4)14(15)18/h5-8H,2H2,1,3-4H3/b7-6-,12-5+. The smallest absolute Gasteiger partial charge is 0.261 e. The van der Waals surface area contributed by atoms with Crippen LogP contribution in [0.5, 0.6) is 0 Å². The van der Waals surface area contributed by atoms with E-state index >= 15 is 0 Å². The van der Waals surface area contributed by atoms with E-state index in [-0.39, 0.29) is 17.4 Å². The van der Waals surface area contributed by atoms with E-state index in [4.69, 9.17) is 0 Å². The third-order valence-electron chi connectivity index (χ3n) is 2.78. The molecule has 0 aromatic carbocycles. The molecule has 0 spiro atoms. The molecule has 4 heteroatoms. The van der Waals surface area contributed by atoms with Gasteiger partial charge >= 0.3 is 0 Å². The van der Waals surface area contributed by atoms with Gasteiger partial charge in [0.25, 0.3) is 11.8 Å². The number of aldehydes is 1. The van der Waals surface area contributed by atoms with Gasteiger partial charge in [0, 0.05) is 22.4 Å². The number of rotatable bonds is 4. The number of imide groups is 1. The van der Waals surface area contributed by atoms with E-state index in [1.165, 1.54) is 12.2 Å². The van der Waals surface area contributed by atoms with Crippen LogP contribution in [0.15, 0.2) is 47.2 Å². The van der Waals surface area contributed by atoms with E-state index in [0.29, 0.717) is 23.1 Å². The van der Waals surface area contributed by atoms with E-state index in [1.54, 1.807) is 26.8 Å². The highest BCUT2D eigenvalue weighted by atomic mass is 16.2. The number of nitrogens with zero attached hydrogens (tertiary/aromatic N) is 1. The number of carbonyl (C=O) groups is 3. The lowest BCUT2D eigenvalue weighted by molar-refractivity contribution is -0.134. The molecule has 0 fully saturated rings. The van der Waals surface area contributed by atoms with Crippen LogP contribution in [0, 0.1) is 0 Å². The largest absolute Gasteiger partial charge is 0.298 e. The number of hydrogen-bond acceptors (Lipinski definition) is 3. The minimum absolute atomic E-state index is 0.273. The number of carbonyl (C=O) groups excluding carboxylic acids is 3. The molecule has 0 N–H and O–H groups in total. The molecule has 18 heavy (non-hydrogen) atoms. The minimum Gasteiger partial charge on any atom is -0.298 e. The number of hydrogen-bond donors (Lipinski definition) is 0. The van der Waals surface area contributed by atoms with Gasteiger partial charge in [-0.3, -0.25) is 14.4 Å². The molecule has 0 aromatic rings. The van der Waals surface area contributed by atoms with Gasteiger partial charge in [0.2, 0.25) is 0 Å². The van der Waals surface area contributed by atoms with Crippen LogP contribution in [-0.4, -0.2) is 23.0 Å². The highest BCUT2D eigenvalue weighted by molar-refractivity contribution is 6.20. The molecule has 0 radical (unpaired) electrons. The lowest BCUT2D eigenvalue weighted by atomic mass is 10.2. The first-order chi connectivity index (χ1) is 8.43. The Morgan fingerprint density at radius 3 is 2.00 bits per heavy atom. The quantitative estimate of drug-likeness (QED) is 0.329. The Bertz CT molecular complexity index is 497. The average molecular weight is 245 g/mol. The number of amides is 2. The van der Waals surface area contributed by atoms with Crippen molar-refractivity contribution in [1.29, 1.82) is 0 Å². The predicted molar refractivity (Wildman–Crippen MR) is 68.3 cm³/mol. The maximum Gasteiger partial charge on any atom is 0.261 e. The first-order valence-electron chi connectivity index (χ1n) is 5.48. The molecule has 0 aliphatic carbocycles. The van der Waals surface area contributed by atoms with Gasteiger partial charge in [0.05, 0.1) is 0 Å². The van der Waals surface area contributed by atoms with Crippen molar-refractivity contribution in [1.82, 2.24) is 4.90 Å². The fourth-order valence-corrected chi connectivity index (χ4v) is 1.51. The SMILES string of the molecule is C=C(C=O)/C=C\C(=C/C)N1C(=O)C(C)=C(C)C1=O. The van der Waals surface area contributed by atoms with Gasteiger partial charge in [-0.15, -0.1) is 0 Å². The summed E-state index contributed by atoms with van der Waals surface area (Å²) < 4.78 is 0. The van der Waals surface area contributed by atoms with E-state index < -0.39 is 0 Å². The Labute approximate surface area is 106 Å². The fraction of sp³-hybridized carbons (Fsp3) is 0.214. The maximum absolute atomic E-state index is 11.9. The van der Waals surface area contributed by atoms with Crippen LogP contribution in [0.25, 0.3) is 0 Å². The van der Waals surface area contributed by atoms with Crippen LogP contribution in [0.3, 0.4) is 0 Å². The Kier molecular flexibility index (Phi) is 4.15. The van der Waals surface area contributed by atoms with Gasteiger partial charge in [0.15, 0.2) is 0 Å². The third kappa shape index (κ3) is 2.37. The van der Waals surface area contributed by atoms with Crippen molar-refractivity contribution in [2.75, 3.05) is 0 Å². The van der Waals surface area contributed by atoms with Crippen LogP contribution < -0.4 is 0 Å². The zero-order valence-electron chi connectivity index (χ0n) is 10.7. The molecule has 4 nitrogen and oxygen atoms in total. The van der Waals surface area contributed by atoms with Crippen molar-refractivity contribution in [3.63, 3.8) is 0 Å². The first-order valence-corrected chi connectivity index (χ1v) is 5.48. The summed E-state index contributed by atoms with van der Waals surface area (Å²) in [5, 5.41) is 0. The lowest BCUT2D eigenvalue weighted by Crippen LogP contribution is -2.30. The van der Waals surface area contributed by atoms with Crippen molar-refractivity contribution in [3.8, 4) is 0 Å². The van der Waals surface area contributed by atoms with Crippen LogP contribution in [0.1, 0.15) is 20.8 Å². The predicted octanol–water partition coefficient (Wildman–Crippen LogP) is 1.91. The highest BCUT2D eigenvalue weighted by Gasteiger charge is 2.34. The Morgan fingerprint density at radius 1 is 1.11 bits per heavy atom. The van der Waals surface area contributed by atoms with Crippen LogP contribution in [0.2, 0.25) is 0 Å². The first kappa shape index (κ1) is 13.8. The van der Waals surface area contributed by atoms with Gasteiger partial charge in [0.1, 0.15) is 6.29 Å². The summed E-state index contributed by atoms with van der Waals surface area (Å²) in [5.74, 6) is -0.654. The third-order valence-corrected chi connectivity index (χ3v) is 2.78. The van der Waals surface area contributed by atoms with E-state index in [9.17, 15) is 14.4 Å². The Balaban J connectivity index is 3.05. The van der Waals surface area contributed by atoms with Crippen molar-refractivity contribution in [2.24, 2.45) is 0 Å². The van der Waals surface area contributed by atoms with Crippen LogP contribution in [0.4, 0.5) is 0 Å². The molecule has 0 unspecified atom stereocenters. The zero-order valence-corrected chi connectivity index (χ0v) is 10.7. The molecule has 1 rings (SSSR count). The van der Waals surface area contributed by atoms with Gasteiger partial charge in [-0.05, 0) is 26.8 Å². The maximum atomic E-state index is 11.9. The summed E-state index contributed by atoms with van der Waals surface area (Å²) in [6.07, 6.45) is 5.23. The minimum atomic E-state index is -0.327. The molecule has 0 saturated carbocycles. The summed E-state index contributed by atoms with van der Waals surface area (Å²) in [6.45, 7) is 8.45. The summed E-state index contributed by atoms with van der Waals surface area (Å²) in [4.78, 5) is 35.4. The van der Waals surface area contributed by atoms with Crippen molar-refractivity contribution >= 4 is 18.1 Å². The van der Waals surface area contributed by atoms with E-state index in [2.05, 4.69) is 6.58 Å². The van der Waals surface area contributed by atoms with Crippen molar-refractivity contribution in [3.05, 3.63) is 47.2 Å². The Hall–Kier alpha value is -2.23. The van der Waals surface area contributed by atoms with Crippen molar-refractivity contribution in [2.45, 2.75) is 20.8 Å². The van der Waals surface area contributed by atoms with Gasteiger partial charge in [-0.1, -0.05) is 18.7 Å². The van der Waals surface area contributed by atoms with E-state index in [1.807, 2.05) is 0 Å². The molecule has 2 amide bonds. The van der Waals surface area contributed by atoms with E-state index in [0.717, 1.165) is 4.90 Å². The van der Waals surface area contributed by atoms with Gasteiger partial charge < -0.3 is 0 Å². The second-order valence-electron chi connectivity index (χ2n) is 3.94. The monoisotopic (exact) mass is 245 g/mol. The molecule has 94 valence electrons. The summed E-state index contributed by atoms with van der Waals surface area (Å²) in [6, 6.07) is 0. The second-order valence-corrected chi connectivity index (χ2v) is 3.94. The molecule has 0 bridgehead atoms. The number of allylic oxidation sites excluding steroid dienone is 4. The highest BCUT2D eigenvalue weighted by Crippen LogP contribution is 2.24. The molecule has 1 heterocycles. The summed E-state index contributed by atoms with van der Waals surface area (Å²) >= 11 is 0. The average Bonchev–Trinajstić information content (AvgIpc) is 2.56. The summed E-state index contributed by atoms with van der Waals surface area (Å²) in [5.41, 5.74) is 1.60. The molecule has 1 aliphatic heterocycles. The molecule has 0 aromatic heterocycles. The Morgan fingerprint density at radius 2 is 1.61 bits per heavy atom.